The van der Waals surface area contributed by atoms with Crippen LogP contribution in [0.4, 0.5) is 0 Å². The summed E-state index contributed by atoms with van der Waals surface area (Å²) in [4.78, 5) is 22.9. The fraction of sp³-hybridized carbons (Fsp3) is 0.900. The average molecular weight is 413 g/mol. The molecule has 0 atom stereocenters. The van der Waals surface area contributed by atoms with Crippen LogP contribution in [0.15, 0.2) is 4.99 Å². The van der Waals surface area contributed by atoms with Gasteiger partial charge < -0.3 is 25.0 Å². The van der Waals surface area contributed by atoms with E-state index < -0.39 is 0 Å². The molecule has 9 nitrogen and oxygen atoms in total. The zero-order valence-electron chi connectivity index (χ0n) is 18.7. The van der Waals surface area contributed by atoms with E-state index in [1.807, 2.05) is 0 Å². The zero-order chi connectivity index (χ0) is 21.1. The van der Waals surface area contributed by atoms with Gasteiger partial charge >= 0.3 is 0 Å². The summed E-state index contributed by atoms with van der Waals surface area (Å²) >= 11 is 0. The predicted molar refractivity (Wildman–Crippen MR) is 115 cm³/mol. The predicted octanol–water partition coefficient (Wildman–Crippen LogP) is -0.557. The van der Waals surface area contributed by atoms with Gasteiger partial charge in [0, 0.05) is 58.9 Å². The van der Waals surface area contributed by atoms with Crippen LogP contribution < -0.4 is 10.6 Å². The quantitative estimate of drug-likeness (QED) is 0.299. The molecule has 0 aromatic carbocycles. The highest BCUT2D eigenvalue weighted by molar-refractivity contribution is 5.84. The van der Waals surface area contributed by atoms with E-state index in [9.17, 15) is 4.79 Å². The largest absolute Gasteiger partial charge is 0.379 e. The smallest absolute Gasteiger partial charge is 0.243 e. The monoisotopic (exact) mass is 412 g/mol. The Hall–Kier alpha value is -1.42. The molecule has 0 radical (unpaired) electrons. The molecule has 1 amide bonds. The Morgan fingerprint density at radius 1 is 1.03 bits per heavy atom. The van der Waals surface area contributed by atoms with Crippen molar-refractivity contribution in [3.8, 4) is 0 Å². The van der Waals surface area contributed by atoms with Crippen molar-refractivity contribution in [1.82, 2.24) is 25.3 Å². The molecule has 2 rings (SSSR count). The standard InChI is InChI=1S/C20H40N6O3/c1-20(2,26-10-14-29-15-11-26)17-23-19(22-16-18(27)24(3)4)21-6-5-7-25-8-12-28-13-9-25/h5-17H2,1-4H3,(H2,21,22,23). The van der Waals surface area contributed by atoms with Crippen molar-refractivity contribution in [1.29, 1.82) is 0 Å². The van der Waals surface area contributed by atoms with Crippen molar-refractivity contribution in [2.75, 3.05) is 92.9 Å². The van der Waals surface area contributed by atoms with Crippen LogP contribution in [0.5, 0.6) is 0 Å². The number of carbonyl (C=O) groups excluding carboxylic acids is 1. The third kappa shape index (κ3) is 8.86. The van der Waals surface area contributed by atoms with E-state index >= 15 is 0 Å². The Morgan fingerprint density at radius 3 is 2.28 bits per heavy atom. The first-order chi connectivity index (χ1) is 13.9. The fourth-order valence-corrected chi connectivity index (χ4v) is 3.38. The molecular weight excluding hydrogens is 372 g/mol. The van der Waals surface area contributed by atoms with Crippen LogP contribution in [-0.4, -0.2) is 125 Å². The summed E-state index contributed by atoms with van der Waals surface area (Å²) in [5, 5.41) is 6.84. The maximum absolute atomic E-state index is 12.0. The van der Waals surface area contributed by atoms with Gasteiger partial charge in [0.2, 0.25) is 5.91 Å². The Balaban J connectivity index is 1.82. The highest BCUT2D eigenvalue weighted by Crippen LogP contribution is 2.15. The number of morpholine rings is 2. The first kappa shape index (κ1) is 23.9. The molecule has 0 bridgehead atoms. The lowest BCUT2D eigenvalue weighted by atomic mass is 10.0. The number of carbonyl (C=O) groups is 1. The summed E-state index contributed by atoms with van der Waals surface area (Å²) in [7, 11) is 3.50. The molecule has 0 aliphatic carbocycles. The van der Waals surface area contributed by atoms with E-state index in [2.05, 4.69) is 39.3 Å². The normalized spacial score (nSPS) is 19.8. The molecule has 0 aromatic rings. The molecule has 0 unspecified atom stereocenters. The molecule has 2 aliphatic rings. The third-order valence-corrected chi connectivity index (χ3v) is 5.47. The first-order valence-electron chi connectivity index (χ1n) is 10.7. The summed E-state index contributed by atoms with van der Waals surface area (Å²) in [5.41, 5.74) is -0.0222. The number of ether oxygens (including phenoxy) is 2. The van der Waals surface area contributed by atoms with Crippen molar-refractivity contribution < 1.29 is 14.3 Å². The second-order valence-electron chi connectivity index (χ2n) is 8.45. The Morgan fingerprint density at radius 2 is 1.66 bits per heavy atom. The second kappa shape index (κ2) is 12.3. The highest BCUT2D eigenvalue weighted by atomic mass is 16.5. The summed E-state index contributed by atoms with van der Waals surface area (Å²) in [5.74, 6) is 0.690. The Kier molecular flexibility index (Phi) is 10.1. The molecule has 0 saturated carbocycles. The van der Waals surface area contributed by atoms with Crippen LogP contribution >= 0.6 is 0 Å². The van der Waals surface area contributed by atoms with Crippen LogP contribution in [0, 0.1) is 0 Å². The number of rotatable bonds is 9. The summed E-state index contributed by atoms with van der Waals surface area (Å²) in [6.45, 7) is 14.3. The van der Waals surface area contributed by atoms with Gasteiger partial charge in [-0.25, -0.2) is 4.99 Å². The van der Waals surface area contributed by atoms with Crippen LogP contribution in [0.25, 0.3) is 0 Å². The molecule has 0 spiro atoms. The third-order valence-electron chi connectivity index (χ3n) is 5.47. The van der Waals surface area contributed by atoms with Gasteiger partial charge in [-0.15, -0.1) is 0 Å². The van der Waals surface area contributed by atoms with Crippen molar-refractivity contribution in [3.63, 3.8) is 0 Å². The molecule has 2 aliphatic heterocycles. The van der Waals surface area contributed by atoms with Crippen LogP contribution in [-0.2, 0) is 14.3 Å². The lowest BCUT2D eigenvalue weighted by Gasteiger charge is -2.41. The van der Waals surface area contributed by atoms with Gasteiger partial charge in [0.1, 0.15) is 6.54 Å². The number of likely N-dealkylation sites (N-methyl/N-ethyl adjacent to an activating group) is 1. The SMILES string of the molecule is CN(C)C(=O)CN=C(NCCCN1CCOCC1)NCC(C)(C)N1CCOCC1. The lowest BCUT2D eigenvalue weighted by molar-refractivity contribution is -0.127. The highest BCUT2D eigenvalue weighted by Gasteiger charge is 2.28. The fourth-order valence-electron chi connectivity index (χ4n) is 3.38. The van der Waals surface area contributed by atoms with Gasteiger partial charge in [-0.2, -0.15) is 0 Å². The van der Waals surface area contributed by atoms with Crippen LogP contribution in [0.1, 0.15) is 20.3 Å². The number of nitrogens with zero attached hydrogens (tertiary/aromatic N) is 4. The van der Waals surface area contributed by atoms with Gasteiger partial charge in [-0.1, -0.05) is 0 Å². The maximum atomic E-state index is 12.0. The molecule has 2 heterocycles. The van der Waals surface area contributed by atoms with E-state index in [1.165, 1.54) is 0 Å². The van der Waals surface area contributed by atoms with E-state index in [1.54, 1.807) is 19.0 Å². The molecule has 168 valence electrons. The van der Waals surface area contributed by atoms with Crippen molar-refractivity contribution in [2.24, 2.45) is 4.99 Å². The summed E-state index contributed by atoms with van der Waals surface area (Å²) < 4.78 is 10.9. The number of guanidine groups is 1. The van der Waals surface area contributed by atoms with Gasteiger partial charge in [0.05, 0.1) is 26.4 Å². The van der Waals surface area contributed by atoms with Crippen molar-refractivity contribution in [3.05, 3.63) is 0 Å². The van der Waals surface area contributed by atoms with Crippen LogP contribution in [0.2, 0.25) is 0 Å². The molecule has 2 saturated heterocycles. The molecule has 2 fully saturated rings. The molecule has 29 heavy (non-hydrogen) atoms. The van der Waals surface area contributed by atoms with Gasteiger partial charge in [0.15, 0.2) is 5.96 Å². The van der Waals surface area contributed by atoms with E-state index in [0.29, 0.717) is 5.96 Å². The Bertz CT molecular complexity index is 514. The van der Waals surface area contributed by atoms with Gasteiger partial charge in [0.25, 0.3) is 0 Å². The lowest BCUT2D eigenvalue weighted by Crippen LogP contribution is -2.56. The zero-order valence-corrected chi connectivity index (χ0v) is 18.7. The van der Waals surface area contributed by atoms with Gasteiger partial charge in [-0.05, 0) is 26.8 Å². The summed E-state index contributed by atoms with van der Waals surface area (Å²) in [6, 6.07) is 0. The minimum Gasteiger partial charge on any atom is -0.379 e. The average Bonchev–Trinajstić information content (AvgIpc) is 2.73. The second-order valence-corrected chi connectivity index (χ2v) is 8.45. The Labute approximate surface area is 175 Å². The summed E-state index contributed by atoms with van der Waals surface area (Å²) in [6.07, 6.45) is 1.02. The number of hydrogen-bond acceptors (Lipinski definition) is 6. The van der Waals surface area contributed by atoms with E-state index in [4.69, 9.17) is 9.47 Å². The molecule has 2 N–H and O–H groups in total. The minimum atomic E-state index is -0.0222. The first-order valence-corrected chi connectivity index (χ1v) is 10.7. The van der Waals surface area contributed by atoms with E-state index in [-0.39, 0.29) is 18.0 Å². The number of amides is 1. The maximum Gasteiger partial charge on any atom is 0.243 e. The number of hydrogen-bond donors (Lipinski definition) is 2. The van der Waals surface area contributed by atoms with Crippen LogP contribution in [0.3, 0.4) is 0 Å². The van der Waals surface area contributed by atoms with Crippen molar-refractivity contribution in [2.45, 2.75) is 25.8 Å². The van der Waals surface area contributed by atoms with E-state index in [0.717, 1.165) is 78.7 Å². The molecule has 9 heteroatoms. The van der Waals surface area contributed by atoms with Gasteiger partial charge in [-0.3, -0.25) is 14.6 Å². The van der Waals surface area contributed by atoms with Crippen molar-refractivity contribution >= 4 is 11.9 Å². The molecular formula is C20H40N6O3. The topological polar surface area (TPSA) is 81.7 Å². The molecule has 0 aromatic heterocycles. The number of aliphatic imine (C=N–C) groups is 1. The number of nitrogens with one attached hydrogen (secondary N) is 2. The minimum absolute atomic E-state index is 0.00754.